The Kier molecular flexibility index (Phi) is 3.67. The first-order valence-corrected chi connectivity index (χ1v) is 4.72. The van der Waals surface area contributed by atoms with Crippen molar-refractivity contribution >= 4 is 11.8 Å². The van der Waals surface area contributed by atoms with E-state index < -0.39 is 0 Å². The fraction of sp³-hybridized carbons (Fsp3) is 0.222. The van der Waals surface area contributed by atoms with Crippen molar-refractivity contribution in [1.29, 1.82) is 0 Å². The van der Waals surface area contributed by atoms with Crippen LogP contribution in [0.4, 0.5) is 0 Å². The molecule has 0 radical (unpaired) electrons. The maximum Gasteiger partial charge on any atom is 0.168 e. The first-order valence-electron chi connectivity index (χ1n) is 3.74. The number of allylic oxidation sites excluding steroid dienone is 1. The molecule has 3 heteroatoms. The lowest BCUT2D eigenvalue weighted by Crippen LogP contribution is -1.95. The standard InChI is InChI=1S/C9H12N2S/c1-3-6-11-7-5-10-9(11)12-8-4-2/h3-5,7H,1-2,6,8H2. The van der Waals surface area contributed by atoms with Crippen LogP contribution in [0.15, 0.2) is 42.9 Å². The predicted molar refractivity (Wildman–Crippen MR) is 53.3 cm³/mol. The third kappa shape index (κ3) is 2.27. The van der Waals surface area contributed by atoms with E-state index in [1.165, 1.54) is 0 Å². The van der Waals surface area contributed by atoms with E-state index in [0.717, 1.165) is 17.5 Å². The molecule has 0 saturated heterocycles. The van der Waals surface area contributed by atoms with Crippen molar-refractivity contribution in [3.05, 3.63) is 37.7 Å². The molecular formula is C9H12N2S. The fourth-order valence-corrected chi connectivity index (χ4v) is 1.55. The molecule has 0 aliphatic carbocycles. The average Bonchev–Trinajstić information content (AvgIpc) is 2.50. The summed E-state index contributed by atoms with van der Waals surface area (Å²) in [6, 6.07) is 0. The highest BCUT2D eigenvalue weighted by Crippen LogP contribution is 2.15. The highest BCUT2D eigenvalue weighted by molar-refractivity contribution is 7.99. The van der Waals surface area contributed by atoms with Crippen LogP contribution in [0.25, 0.3) is 0 Å². The SMILES string of the molecule is C=CCSc1nccn1CC=C. The molecular weight excluding hydrogens is 168 g/mol. The summed E-state index contributed by atoms with van der Waals surface area (Å²) in [5, 5.41) is 1.02. The van der Waals surface area contributed by atoms with Gasteiger partial charge >= 0.3 is 0 Å². The van der Waals surface area contributed by atoms with Gasteiger partial charge in [-0.3, -0.25) is 0 Å². The molecule has 1 aromatic heterocycles. The number of thioether (sulfide) groups is 1. The van der Waals surface area contributed by atoms with E-state index in [2.05, 4.69) is 22.7 Å². The van der Waals surface area contributed by atoms with E-state index in [-0.39, 0.29) is 0 Å². The molecule has 0 amide bonds. The third-order valence-corrected chi connectivity index (χ3v) is 2.33. The summed E-state index contributed by atoms with van der Waals surface area (Å²) in [5.74, 6) is 0.897. The number of aromatic nitrogens is 2. The van der Waals surface area contributed by atoms with Crippen LogP contribution in [-0.4, -0.2) is 15.3 Å². The maximum absolute atomic E-state index is 4.20. The molecule has 2 nitrogen and oxygen atoms in total. The highest BCUT2D eigenvalue weighted by Gasteiger charge is 1.99. The Bertz CT molecular complexity index is 265. The summed E-state index contributed by atoms with van der Waals surface area (Å²) in [6.07, 6.45) is 7.49. The second-order valence-electron chi connectivity index (χ2n) is 2.25. The Morgan fingerprint density at radius 3 is 3.00 bits per heavy atom. The van der Waals surface area contributed by atoms with Crippen molar-refractivity contribution in [2.45, 2.75) is 11.7 Å². The quantitative estimate of drug-likeness (QED) is 0.511. The molecule has 0 atom stereocenters. The molecule has 1 rings (SSSR count). The van der Waals surface area contributed by atoms with Gasteiger partial charge in [0.2, 0.25) is 0 Å². The summed E-state index contributed by atoms with van der Waals surface area (Å²) in [7, 11) is 0. The van der Waals surface area contributed by atoms with Crippen molar-refractivity contribution in [2.75, 3.05) is 5.75 Å². The van der Waals surface area contributed by atoms with E-state index in [4.69, 9.17) is 0 Å². The zero-order valence-electron chi connectivity index (χ0n) is 6.94. The second kappa shape index (κ2) is 4.83. The van der Waals surface area contributed by atoms with E-state index in [1.54, 1.807) is 18.0 Å². The molecule has 0 aliphatic heterocycles. The first kappa shape index (κ1) is 9.13. The smallest absolute Gasteiger partial charge is 0.168 e. The normalized spacial score (nSPS) is 9.67. The lowest BCUT2D eigenvalue weighted by molar-refractivity contribution is 0.726. The van der Waals surface area contributed by atoms with Gasteiger partial charge in [-0.1, -0.05) is 23.9 Å². The molecule has 0 fully saturated rings. The van der Waals surface area contributed by atoms with Crippen LogP contribution in [0.3, 0.4) is 0 Å². The van der Waals surface area contributed by atoms with Gasteiger partial charge in [-0.2, -0.15) is 0 Å². The monoisotopic (exact) mass is 180 g/mol. The van der Waals surface area contributed by atoms with Crippen LogP contribution in [0.1, 0.15) is 0 Å². The largest absolute Gasteiger partial charge is 0.322 e. The zero-order chi connectivity index (χ0) is 8.81. The Morgan fingerprint density at radius 1 is 1.50 bits per heavy atom. The van der Waals surface area contributed by atoms with Crippen molar-refractivity contribution in [2.24, 2.45) is 0 Å². The lowest BCUT2D eigenvalue weighted by atomic mass is 10.6. The Morgan fingerprint density at radius 2 is 2.33 bits per heavy atom. The number of imidazole rings is 1. The average molecular weight is 180 g/mol. The number of hydrogen-bond donors (Lipinski definition) is 0. The molecule has 1 heterocycles. The Balaban J connectivity index is 2.62. The summed E-state index contributed by atoms with van der Waals surface area (Å²) < 4.78 is 2.06. The van der Waals surface area contributed by atoms with E-state index >= 15 is 0 Å². The predicted octanol–water partition coefficient (Wildman–Crippen LogP) is 2.35. The van der Waals surface area contributed by atoms with Crippen molar-refractivity contribution < 1.29 is 0 Å². The maximum atomic E-state index is 4.20. The van der Waals surface area contributed by atoms with Crippen LogP contribution in [0.5, 0.6) is 0 Å². The molecule has 0 unspecified atom stereocenters. The van der Waals surface area contributed by atoms with E-state index in [9.17, 15) is 0 Å². The van der Waals surface area contributed by atoms with Crippen molar-refractivity contribution in [1.82, 2.24) is 9.55 Å². The van der Waals surface area contributed by atoms with E-state index in [0.29, 0.717) is 0 Å². The fourth-order valence-electron chi connectivity index (χ4n) is 0.847. The van der Waals surface area contributed by atoms with Gasteiger partial charge in [0.1, 0.15) is 0 Å². The van der Waals surface area contributed by atoms with Gasteiger partial charge in [0.25, 0.3) is 0 Å². The molecule has 0 aromatic carbocycles. The minimum absolute atomic E-state index is 0.819. The number of nitrogens with zero attached hydrogens (tertiary/aromatic N) is 2. The van der Waals surface area contributed by atoms with Gasteiger partial charge in [0.05, 0.1) is 0 Å². The topological polar surface area (TPSA) is 17.8 Å². The molecule has 12 heavy (non-hydrogen) atoms. The number of rotatable bonds is 5. The molecule has 0 spiro atoms. The zero-order valence-corrected chi connectivity index (χ0v) is 7.76. The van der Waals surface area contributed by atoms with Gasteiger partial charge < -0.3 is 4.57 Å². The minimum Gasteiger partial charge on any atom is -0.322 e. The lowest BCUT2D eigenvalue weighted by Gasteiger charge is -2.01. The van der Waals surface area contributed by atoms with Gasteiger partial charge in [-0.05, 0) is 0 Å². The van der Waals surface area contributed by atoms with Crippen molar-refractivity contribution in [3.63, 3.8) is 0 Å². The summed E-state index contributed by atoms with van der Waals surface area (Å²) in [4.78, 5) is 4.20. The third-order valence-electron chi connectivity index (χ3n) is 1.33. The first-order chi connectivity index (χ1) is 5.88. The number of hydrogen-bond acceptors (Lipinski definition) is 2. The van der Waals surface area contributed by atoms with Crippen LogP contribution >= 0.6 is 11.8 Å². The van der Waals surface area contributed by atoms with E-state index in [1.807, 2.05) is 18.3 Å². The minimum atomic E-state index is 0.819. The van der Waals surface area contributed by atoms with Crippen LogP contribution in [0, 0.1) is 0 Å². The molecule has 0 N–H and O–H groups in total. The van der Waals surface area contributed by atoms with Crippen molar-refractivity contribution in [3.8, 4) is 0 Å². The Hall–Kier alpha value is -0.960. The van der Waals surface area contributed by atoms with Crippen LogP contribution in [-0.2, 0) is 6.54 Å². The summed E-state index contributed by atoms with van der Waals surface area (Å²) >= 11 is 1.68. The Labute approximate surface area is 77.0 Å². The molecule has 0 bridgehead atoms. The molecule has 0 aliphatic rings. The molecule has 0 saturated carbocycles. The summed E-state index contributed by atoms with van der Waals surface area (Å²) in [5.41, 5.74) is 0. The summed E-state index contributed by atoms with van der Waals surface area (Å²) in [6.45, 7) is 8.16. The second-order valence-corrected chi connectivity index (χ2v) is 3.24. The van der Waals surface area contributed by atoms with Crippen LogP contribution < -0.4 is 0 Å². The van der Waals surface area contributed by atoms with Gasteiger partial charge in [0.15, 0.2) is 5.16 Å². The molecule has 64 valence electrons. The van der Waals surface area contributed by atoms with Gasteiger partial charge in [0, 0.05) is 24.7 Å². The van der Waals surface area contributed by atoms with Crippen LogP contribution in [0.2, 0.25) is 0 Å². The van der Waals surface area contributed by atoms with Gasteiger partial charge in [-0.15, -0.1) is 13.2 Å². The van der Waals surface area contributed by atoms with Gasteiger partial charge in [-0.25, -0.2) is 4.98 Å². The highest BCUT2D eigenvalue weighted by atomic mass is 32.2. The molecule has 1 aromatic rings.